The topological polar surface area (TPSA) is 124 Å². The van der Waals surface area contributed by atoms with E-state index in [0.717, 1.165) is 0 Å². The summed E-state index contributed by atoms with van der Waals surface area (Å²) in [4.78, 5) is 31.0. The first kappa shape index (κ1) is 12.2. The molecular weight excluding hydrogens is 194 g/mol. The summed E-state index contributed by atoms with van der Waals surface area (Å²) in [5, 5.41) is 27.0. The summed E-state index contributed by atoms with van der Waals surface area (Å²) in [7, 11) is 0. The predicted molar refractivity (Wildman–Crippen MR) is 44.0 cm³/mol. The first-order valence-electron chi connectivity index (χ1n) is 3.79. The molecule has 80 valence electrons. The Morgan fingerprint density at radius 2 is 1.64 bits per heavy atom. The number of hydrogen-bond acceptors (Lipinski definition) is 3. The van der Waals surface area contributed by atoms with E-state index in [0.29, 0.717) is 0 Å². The molecule has 7 nitrogen and oxygen atoms in total. The number of hydrogen-bond donors (Lipinski definition) is 4. The standard InChI is InChI=1S/C7H11NO6/c1-3(5(9)10)2-4(6(11)12)8-7(13)14/h3-4,8H,2H2,1H3,(H,9,10)(H,11,12)(H,13,14)/t3?,4-/m1/s1. The van der Waals surface area contributed by atoms with Crippen molar-refractivity contribution < 1.29 is 29.7 Å². The van der Waals surface area contributed by atoms with Gasteiger partial charge in [0, 0.05) is 0 Å². The average molecular weight is 205 g/mol. The molecule has 2 atom stereocenters. The number of aliphatic carboxylic acids is 2. The zero-order valence-electron chi connectivity index (χ0n) is 7.43. The van der Waals surface area contributed by atoms with Crippen LogP contribution in [0.15, 0.2) is 0 Å². The van der Waals surface area contributed by atoms with Crippen molar-refractivity contribution in [2.45, 2.75) is 19.4 Å². The number of amides is 1. The van der Waals surface area contributed by atoms with Gasteiger partial charge >= 0.3 is 18.0 Å². The van der Waals surface area contributed by atoms with Gasteiger partial charge in [0.25, 0.3) is 0 Å². The number of carboxylic acids is 2. The van der Waals surface area contributed by atoms with Crippen LogP contribution in [-0.4, -0.2) is 39.4 Å². The molecule has 0 rings (SSSR count). The highest BCUT2D eigenvalue weighted by Crippen LogP contribution is 2.06. The molecule has 0 radical (unpaired) electrons. The molecule has 0 aromatic carbocycles. The van der Waals surface area contributed by atoms with E-state index >= 15 is 0 Å². The molecule has 0 aromatic heterocycles. The van der Waals surface area contributed by atoms with Crippen molar-refractivity contribution in [2.24, 2.45) is 5.92 Å². The van der Waals surface area contributed by atoms with Gasteiger partial charge in [0.2, 0.25) is 0 Å². The maximum atomic E-state index is 10.5. The van der Waals surface area contributed by atoms with Crippen LogP contribution in [0.1, 0.15) is 13.3 Å². The fraction of sp³-hybridized carbons (Fsp3) is 0.571. The summed E-state index contributed by atoms with van der Waals surface area (Å²) in [6.45, 7) is 1.31. The van der Waals surface area contributed by atoms with Crippen LogP contribution in [0.5, 0.6) is 0 Å². The molecule has 1 amide bonds. The highest BCUT2D eigenvalue weighted by atomic mass is 16.4. The van der Waals surface area contributed by atoms with Crippen molar-refractivity contribution in [3.8, 4) is 0 Å². The lowest BCUT2D eigenvalue weighted by atomic mass is 10.0. The molecule has 0 bridgehead atoms. The van der Waals surface area contributed by atoms with Gasteiger partial charge in [0.05, 0.1) is 5.92 Å². The van der Waals surface area contributed by atoms with Crippen molar-refractivity contribution >= 4 is 18.0 Å². The maximum absolute atomic E-state index is 10.5. The van der Waals surface area contributed by atoms with Crippen molar-refractivity contribution in [1.82, 2.24) is 5.32 Å². The highest BCUT2D eigenvalue weighted by Gasteiger charge is 2.25. The Morgan fingerprint density at radius 3 is 1.93 bits per heavy atom. The van der Waals surface area contributed by atoms with E-state index in [1.54, 1.807) is 5.32 Å². The zero-order valence-corrected chi connectivity index (χ0v) is 7.43. The third-order valence-electron chi connectivity index (χ3n) is 1.61. The lowest BCUT2D eigenvalue weighted by Gasteiger charge is -2.14. The maximum Gasteiger partial charge on any atom is 0.405 e. The Labute approximate surface area is 79.3 Å². The molecule has 0 aliphatic rings. The second-order valence-corrected chi connectivity index (χ2v) is 2.82. The minimum absolute atomic E-state index is 0.281. The molecule has 1 unspecified atom stereocenters. The Bertz CT molecular complexity index is 251. The normalized spacial score (nSPS) is 14.1. The van der Waals surface area contributed by atoms with Crippen LogP contribution in [0.4, 0.5) is 4.79 Å². The van der Waals surface area contributed by atoms with Crippen LogP contribution in [-0.2, 0) is 9.59 Å². The van der Waals surface area contributed by atoms with E-state index in [-0.39, 0.29) is 6.42 Å². The van der Waals surface area contributed by atoms with Gasteiger partial charge in [-0.25, -0.2) is 9.59 Å². The van der Waals surface area contributed by atoms with E-state index in [9.17, 15) is 14.4 Å². The van der Waals surface area contributed by atoms with Crippen molar-refractivity contribution in [1.29, 1.82) is 0 Å². The summed E-state index contributed by atoms with van der Waals surface area (Å²) < 4.78 is 0. The second kappa shape index (κ2) is 5.05. The van der Waals surface area contributed by atoms with Gasteiger partial charge < -0.3 is 20.6 Å². The van der Waals surface area contributed by atoms with Crippen LogP contribution in [0.3, 0.4) is 0 Å². The van der Waals surface area contributed by atoms with Gasteiger partial charge in [-0.05, 0) is 6.42 Å². The number of nitrogens with one attached hydrogen (secondary N) is 1. The Hall–Kier alpha value is -1.79. The summed E-state index contributed by atoms with van der Waals surface area (Å²) in [6, 6.07) is -1.39. The Morgan fingerprint density at radius 1 is 1.14 bits per heavy atom. The first-order valence-corrected chi connectivity index (χ1v) is 3.79. The van der Waals surface area contributed by atoms with Crippen molar-refractivity contribution in [3.05, 3.63) is 0 Å². The fourth-order valence-electron chi connectivity index (χ4n) is 0.825. The van der Waals surface area contributed by atoms with E-state index in [4.69, 9.17) is 15.3 Å². The van der Waals surface area contributed by atoms with Crippen molar-refractivity contribution in [2.75, 3.05) is 0 Å². The molecular formula is C7H11NO6. The monoisotopic (exact) mass is 205 g/mol. The number of rotatable bonds is 5. The quantitative estimate of drug-likeness (QED) is 0.493. The van der Waals surface area contributed by atoms with Gasteiger partial charge in [-0.3, -0.25) is 4.79 Å². The minimum Gasteiger partial charge on any atom is -0.481 e. The number of carboxylic acid groups (broad SMARTS) is 3. The summed E-state index contributed by atoms with van der Waals surface area (Å²) in [6.07, 6.45) is -1.77. The molecule has 0 heterocycles. The summed E-state index contributed by atoms with van der Waals surface area (Å²) in [5.74, 6) is -3.47. The molecule has 0 aliphatic heterocycles. The molecule has 0 aromatic rings. The Kier molecular flexibility index (Phi) is 4.41. The van der Waals surface area contributed by atoms with E-state index in [2.05, 4.69) is 0 Å². The van der Waals surface area contributed by atoms with Crippen LogP contribution >= 0.6 is 0 Å². The average Bonchev–Trinajstić information content (AvgIpc) is 2.01. The highest BCUT2D eigenvalue weighted by molar-refractivity contribution is 5.80. The van der Waals surface area contributed by atoms with Crippen molar-refractivity contribution in [3.63, 3.8) is 0 Å². The number of carbonyl (C=O) groups is 3. The molecule has 0 spiro atoms. The fourth-order valence-corrected chi connectivity index (χ4v) is 0.825. The van der Waals surface area contributed by atoms with Gasteiger partial charge in [-0.15, -0.1) is 0 Å². The van der Waals surface area contributed by atoms with Gasteiger partial charge in [-0.1, -0.05) is 6.92 Å². The summed E-state index contributed by atoms with van der Waals surface area (Å²) >= 11 is 0. The zero-order chi connectivity index (χ0) is 11.3. The minimum atomic E-state index is -1.49. The van der Waals surface area contributed by atoms with Crippen LogP contribution in [0, 0.1) is 5.92 Å². The molecule has 0 aliphatic carbocycles. The second-order valence-electron chi connectivity index (χ2n) is 2.82. The van der Waals surface area contributed by atoms with Gasteiger partial charge in [0.15, 0.2) is 0 Å². The summed E-state index contributed by atoms with van der Waals surface area (Å²) in [5.41, 5.74) is 0. The lowest BCUT2D eigenvalue weighted by Crippen LogP contribution is -2.41. The van der Waals surface area contributed by atoms with Gasteiger partial charge in [0.1, 0.15) is 6.04 Å². The van der Waals surface area contributed by atoms with Crippen LogP contribution in [0.25, 0.3) is 0 Å². The SMILES string of the molecule is CC(C[C@@H](NC(=O)O)C(=O)O)C(=O)O. The van der Waals surface area contributed by atoms with E-state index in [1.165, 1.54) is 6.92 Å². The van der Waals surface area contributed by atoms with Gasteiger partial charge in [-0.2, -0.15) is 0 Å². The first-order chi connectivity index (χ1) is 6.34. The molecule has 4 N–H and O–H groups in total. The largest absolute Gasteiger partial charge is 0.481 e. The van der Waals surface area contributed by atoms with Crippen LogP contribution in [0.2, 0.25) is 0 Å². The predicted octanol–water partition coefficient (Wildman–Crippen LogP) is -0.182. The molecule has 7 heteroatoms. The third kappa shape index (κ3) is 4.29. The molecule has 0 fully saturated rings. The third-order valence-corrected chi connectivity index (χ3v) is 1.61. The molecule has 0 saturated heterocycles. The smallest absolute Gasteiger partial charge is 0.405 e. The van der Waals surface area contributed by atoms with Crippen LogP contribution < -0.4 is 5.32 Å². The lowest BCUT2D eigenvalue weighted by molar-refractivity contribution is -0.143. The molecule has 0 saturated carbocycles. The van der Waals surface area contributed by atoms with E-state index < -0.39 is 30.0 Å². The Balaban J connectivity index is 4.30. The molecule has 14 heavy (non-hydrogen) atoms. The van der Waals surface area contributed by atoms with E-state index in [1.807, 2.05) is 0 Å².